The molecule has 0 saturated carbocycles. The minimum absolute atomic E-state index is 0.0578. The van der Waals surface area contributed by atoms with Crippen molar-refractivity contribution in [3.05, 3.63) is 24.3 Å². The van der Waals surface area contributed by atoms with Crippen LogP contribution in [0.2, 0.25) is 0 Å². The molecule has 1 heterocycles. The van der Waals surface area contributed by atoms with E-state index in [9.17, 15) is 4.79 Å². The lowest BCUT2D eigenvalue weighted by atomic mass is 10.2. The Labute approximate surface area is 142 Å². The van der Waals surface area contributed by atoms with Crippen LogP contribution in [0, 0.1) is 0 Å². The molecule has 2 amide bonds. The van der Waals surface area contributed by atoms with Crippen molar-refractivity contribution in [1.82, 2.24) is 4.90 Å². The molecule has 2 unspecified atom stereocenters. The van der Waals surface area contributed by atoms with Gasteiger partial charge in [0.15, 0.2) is 0 Å². The Morgan fingerprint density at radius 3 is 2.91 bits per heavy atom. The number of thioether (sulfide) groups is 1. The number of carbonyl (C=O) groups excluding carboxylic acids is 1. The summed E-state index contributed by atoms with van der Waals surface area (Å²) in [5, 5.41) is 3.45. The largest absolute Gasteiger partial charge is 0.491 e. The number of benzene rings is 1. The third kappa shape index (κ3) is 5.04. The number of hydrogen-bond acceptors (Lipinski definition) is 4. The highest BCUT2D eigenvalue weighted by molar-refractivity contribution is 8.00. The Hall–Kier alpha value is -1.40. The molecule has 0 spiro atoms. The number of nitrogens with zero attached hydrogens (tertiary/aromatic N) is 1. The molecule has 128 valence electrons. The maximum Gasteiger partial charge on any atom is 0.322 e. The fourth-order valence-electron chi connectivity index (χ4n) is 2.49. The van der Waals surface area contributed by atoms with E-state index >= 15 is 0 Å². The Morgan fingerprint density at radius 1 is 1.35 bits per heavy atom. The third-order valence-corrected chi connectivity index (χ3v) is 5.36. The van der Waals surface area contributed by atoms with Crippen LogP contribution in [0.25, 0.3) is 0 Å². The van der Waals surface area contributed by atoms with E-state index in [1.165, 1.54) is 0 Å². The lowest BCUT2D eigenvalue weighted by Crippen LogP contribution is -2.49. The van der Waals surface area contributed by atoms with E-state index in [-0.39, 0.29) is 12.1 Å². The third-order valence-electron chi connectivity index (χ3n) is 4.02. The Balaban J connectivity index is 1.97. The second-order valence-electron chi connectivity index (χ2n) is 5.63. The van der Waals surface area contributed by atoms with Crippen LogP contribution in [0.15, 0.2) is 24.3 Å². The van der Waals surface area contributed by atoms with Crippen molar-refractivity contribution in [2.45, 2.75) is 31.6 Å². The summed E-state index contributed by atoms with van der Waals surface area (Å²) in [6.45, 7) is 6.27. The summed E-state index contributed by atoms with van der Waals surface area (Å²) in [5.74, 6) is 1.68. The van der Waals surface area contributed by atoms with Crippen LogP contribution in [0.1, 0.15) is 20.3 Å². The van der Waals surface area contributed by atoms with Gasteiger partial charge in [-0.05, 0) is 19.1 Å². The molecule has 2 atom stereocenters. The number of ether oxygens (including phenoxy) is 2. The second kappa shape index (κ2) is 9.03. The first kappa shape index (κ1) is 17.9. The Morgan fingerprint density at radius 2 is 2.13 bits per heavy atom. The molecule has 5 nitrogen and oxygen atoms in total. The molecule has 0 aromatic heterocycles. The molecular weight excluding hydrogens is 312 g/mol. The van der Waals surface area contributed by atoms with Crippen molar-refractivity contribution < 1.29 is 14.3 Å². The van der Waals surface area contributed by atoms with Crippen LogP contribution in [0.4, 0.5) is 10.5 Å². The van der Waals surface area contributed by atoms with Crippen LogP contribution in [0.3, 0.4) is 0 Å². The lowest BCUT2D eigenvalue weighted by Gasteiger charge is -2.37. The molecule has 0 radical (unpaired) electrons. The monoisotopic (exact) mass is 338 g/mol. The predicted octanol–water partition coefficient (Wildman–Crippen LogP) is 3.46. The molecule has 1 N–H and O–H groups in total. The van der Waals surface area contributed by atoms with Crippen molar-refractivity contribution in [2.75, 3.05) is 37.9 Å². The normalized spacial score (nSPS) is 21.1. The zero-order valence-corrected chi connectivity index (χ0v) is 14.9. The van der Waals surface area contributed by atoms with Gasteiger partial charge < -0.3 is 19.7 Å². The van der Waals surface area contributed by atoms with E-state index in [1.54, 1.807) is 7.11 Å². The van der Waals surface area contributed by atoms with Crippen LogP contribution in [-0.2, 0) is 4.74 Å². The molecule has 23 heavy (non-hydrogen) atoms. The first-order valence-corrected chi connectivity index (χ1v) is 9.08. The van der Waals surface area contributed by atoms with Gasteiger partial charge in [-0.2, -0.15) is 11.8 Å². The minimum atomic E-state index is -0.0578. The maximum atomic E-state index is 12.6. The highest BCUT2D eigenvalue weighted by atomic mass is 32.2. The number of carbonyl (C=O) groups is 1. The van der Waals surface area contributed by atoms with Gasteiger partial charge in [-0.25, -0.2) is 4.79 Å². The standard InChI is InChI=1S/C17H26N2O3S/c1-13-14(2)23-12-9-19(13)17(20)18-15-7-4-5-8-16(15)22-11-6-10-21-3/h4-5,7-8,13-14H,6,9-12H2,1-3H3,(H,18,20). The molecule has 2 rings (SSSR count). The van der Waals surface area contributed by atoms with Gasteiger partial charge in [0.2, 0.25) is 0 Å². The second-order valence-corrected chi connectivity index (χ2v) is 7.12. The molecule has 1 saturated heterocycles. The number of rotatable bonds is 6. The summed E-state index contributed by atoms with van der Waals surface area (Å²) in [7, 11) is 1.67. The summed E-state index contributed by atoms with van der Waals surface area (Å²) in [6, 6.07) is 7.72. The maximum absolute atomic E-state index is 12.6. The van der Waals surface area contributed by atoms with Gasteiger partial charge in [0.05, 0.1) is 12.3 Å². The van der Waals surface area contributed by atoms with Crippen molar-refractivity contribution in [1.29, 1.82) is 0 Å². The van der Waals surface area contributed by atoms with Crippen LogP contribution >= 0.6 is 11.8 Å². The average molecular weight is 338 g/mol. The quantitative estimate of drug-likeness (QED) is 0.807. The van der Waals surface area contributed by atoms with E-state index in [0.29, 0.717) is 29.9 Å². The van der Waals surface area contributed by atoms with Crippen molar-refractivity contribution >= 4 is 23.5 Å². The number of anilines is 1. The zero-order chi connectivity index (χ0) is 16.7. The van der Waals surface area contributed by atoms with E-state index in [0.717, 1.165) is 18.7 Å². The van der Waals surface area contributed by atoms with Crippen molar-refractivity contribution in [3.63, 3.8) is 0 Å². The molecule has 6 heteroatoms. The molecule has 1 aliphatic heterocycles. The van der Waals surface area contributed by atoms with E-state index in [2.05, 4.69) is 19.2 Å². The summed E-state index contributed by atoms with van der Waals surface area (Å²) >= 11 is 1.91. The van der Waals surface area contributed by atoms with Gasteiger partial charge in [-0.1, -0.05) is 19.1 Å². The summed E-state index contributed by atoms with van der Waals surface area (Å²) < 4.78 is 10.8. The molecule has 1 aliphatic rings. The summed E-state index contributed by atoms with van der Waals surface area (Å²) in [4.78, 5) is 14.5. The average Bonchev–Trinajstić information content (AvgIpc) is 2.55. The van der Waals surface area contributed by atoms with Crippen LogP contribution in [-0.4, -0.2) is 54.8 Å². The highest BCUT2D eigenvalue weighted by Crippen LogP contribution is 2.27. The number of methoxy groups -OCH3 is 1. The minimum Gasteiger partial charge on any atom is -0.491 e. The number of urea groups is 1. The van der Waals surface area contributed by atoms with Gasteiger partial charge in [0, 0.05) is 43.7 Å². The summed E-state index contributed by atoms with van der Waals surface area (Å²) in [6.07, 6.45) is 0.816. The predicted molar refractivity (Wildman–Crippen MR) is 95.5 cm³/mol. The molecule has 1 aromatic carbocycles. The van der Waals surface area contributed by atoms with E-state index < -0.39 is 0 Å². The molecular formula is C17H26N2O3S. The van der Waals surface area contributed by atoms with Crippen molar-refractivity contribution in [2.24, 2.45) is 0 Å². The highest BCUT2D eigenvalue weighted by Gasteiger charge is 2.29. The zero-order valence-electron chi connectivity index (χ0n) is 14.1. The van der Waals surface area contributed by atoms with Gasteiger partial charge in [0.25, 0.3) is 0 Å². The first-order valence-electron chi connectivity index (χ1n) is 8.03. The van der Waals surface area contributed by atoms with Crippen LogP contribution in [0.5, 0.6) is 5.75 Å². The number of hydrogen-bond donors (Lipinski definition) is 1. The van der Waals surface area contributed by atoms with E-state index in [4.69, 9.17) is 9.47 Å². The smallest absolute Gasteiger partial charge is 0.322 e. The van der Waals surface area contributed by atoms with Gasteiger partial charge in [-0.15, -0.1) is 0 Å². The molecule has 0 aliphatic carbocycles. The fraction of sp³-hybridized carbons (Fsp3) is 0.588. The SMILES string of the molecule is COCCCOc1ccccc1NC(=O)N1CCSC(C)C1C. The van der Waals surface area contributed by atoms with Gasteiger partial charge >= 0.3 is 6.03 Å². The molecule has 0 bridgehead atoms. The number of amides is 2. The van der Waals surface area contributed by atoms with Gasteiger partial charge in [-0.3, -0.25) is 0 Å². The van der Waals surface area contributed by atoms with Crippen LogP contribution < -0.4 is 10.1 Å². The Kier molecular flexibility index (Phi) is 7.05. The Bertz CT molecular complexity index is 512. The topological polar surface area (TPSA) is 50.8 Å². The van der Waals surface area contributed by atoms with Crippen molar-refractivity contribution in [3.8, 4) is 5.75 Å². The first-order chi connectivity index (χ1) is 11.1. The molecule has 1 fully saturated rings. The van der Waals surface area contributed by atoms with Gasteiger partial charge in [0.1, 0.15) is 5.75 Å². The molecule has 1 aromatic rings. The van der Waals surface area contributed by atoms with E-state index in [1.807, 2.05) is 40.9 Å². The fourth-order valence-corrected chi connectivity index (χ4v) is 3.59. The number of para-hydroxylation sites is 2. The number of nitrogens with one attached hydrogen (secondary N) is 1. The lowest BCUT2D eigenvalue weighted by molar-refractivity contribution is 0.172. The summed E-state index contributed by atoms with van der Waals surface area (Å²) in [5.41, 5.74) is 0.716.